The number of halogens is 1. The second-order valence-electron chi connectivity index (χ2n) is 5.37. The monoisotopic (exact) mass is 287 g/mol. The van der Waals surface area contributed by atoms with Gasteiger partial charge in [-0.3, -0.25) is 4.79 Å². The lowest BCUT2D eigenvalue weighted by Gasteiger charge is -2.28. The van der Waals surface area contributed by atoms with Crippen LogP contribution in [0.5, 0.6) is 0 Å². The minimum Gasteiger partial charge on any atom is -0.356 e. The number of carbonyl (C=O) groups excluding carboxylic acids is 1. The lowest BCUT2D eigenvalue weighted by molar-refractivity contribution is -0.122. The second-order valence-corrected chi connectivity index (χ2v) is 6.54. The van der Waals surface area contributed by atoms with Gasteiger partial charge in [-0.1, -0.05) is 35.2 Å². The third-order valence-corrected chi connectivity index (χ3v) is 5.28. The molecule has 0 aliphatic heterocycles. The zero-order valence-electron chi connectivity index (χ0n) is 9.88. The molecule has 2 atom stereocenters. The van der Waals surface area contributed by atoms with E-state index in [0.717, 1.165) is 13.0 Å². The highest BCUT2D eigenvalue weighted by Gasteiger charge is 2.24. The molecule has 2 aliphatic carbocycles. The van der Waals surface area contributed by atoms with Gasteiger partial charge in [-0.15, -0.1) is 0 Å². The average Bonchev–Trinajstić information content (AvgIpc) is 2.22. The van der Waals surface area contributed by atoms with Crippen LogP contribution in [0.2, 0.25) is 0 Å². The molecular weight excluding hydrogens is 266 g/mol. The van der Waals surface area contributed by atoms with Crippen LogP contribution in [0.3, 0.4) is 0 Å². The lowest BCUT2D eigenvalue weighted by Crippen LogP contribution is -2.35. The van der Waals surface area contributed by atoms with Crippen molar-refractivity contribution in [2.24, 2.45) is 11.8 Å². The number of hydrogen-bond donors (Lipinski definition) is 1. The van der Waals surface area contributed by atoms with E-state index in [9.17, 15) is 4.79 Å². The van der Waals surface area contributed by atoms with Crippen LogP contribution < -0.4 is 5.32 Å². The van der Waals surface area contributed by atoms with Crippen LogP contribution in [0, 0.1) is 11.8 Å². The van der Waals surface area contributed by atoms with Gasteiger partial charge in [0.25, 0.3) is 0 Å². The molecule has 0 heterocycles. The quantitative estimate of drug-likeness (QED) is 0.790. The van der Waals surface area contributed by atoms with Crippen molar-refractivity contribution >= 4 is 21.8 Å². The van der Waals surface area contributed by atoms with E-state index in [1.54, 1.807) is 0 Å². The highest BCUT2D eigenvalue weighted by atomic mass is 79.9. The van der Waals surface area contributed by atoms with Gasteiger partial charge in [0.1, 0.15) is 0 Å². The van der Waals surface area contributed by atoms with E-state index in [0.29, 0.717) is 16.7 Å². The molecule has 2 nitrogen and oxygen atoms in total. The lowest BCUT2D eigenvalue weighted by atomic mass is 9.83. The predicted molar refractivity (Wildman–Crippen MR) is 69.6 cm³/mol. The Bertz CT molecular complexity index is 240. The summed E-state index contributed by atoms with van der Waals surface area (Å²) in [5, 5.41) is 3.11. The summed E-state index contributed by atoms with van der Waals surface area (Å²) in [6.45, 7) is 0.876. The first-order chi connectivity index (χ1) is 7.75. The summed E-state index contributed by atoms with van der Waals surface area (Å²) in [6.07, 6.45) is 9.80. The molecule has 1 amide bonds. The average molecular weight is 288 g/mol. The molecule has 1 N–H and O–H groups in total. The topological polar surface area (TPSA) is 29.1 Å². The second kappa shape index (κ2) is 6.04. The first-order valence-corrected chi connectivity index (χ1v) is 7.58. The molecule has 0 spiro atoms. The van der Waals surface area contributed by atoms with Gasteiger partial charge in [-0.25, -0.2) is 0 Å². The molecule has 2 aliphatic rings. The van der Waals surface area contributed by atoms with Crippen LogP contribution in [0.1, 0.15) is 51.4 Å². The number of amides is 1. The van der Waals surface area contributed by atoms with Gasteiger partial charge < -0.3 is 5.32 Å². The van der Waals surface area contributed by atoms with Crippen LogP contribution in [-0.4, -0.2) is 17.3 Å². The molecule has 92 valence electrons. The minimum atomic E-state index is 0.273. The Morgan fingerprint density at radius 2 is 1.88 bits per heavy atom. The van der Waals surface area contributed by atoms with Crippen molar-refractivity contribution in [2.45, 2.75) is 56.2 Å². The van der Waals surface area contributed by atoms with Crippen molar-refractivity contribution in [1.82, 2.24) is 5.32 Å². The number of hydrogen-bond acceptors (Lipinski definition) is 1. The molecular formula is C13H22BrNO. The van der Waals surface area contributed by atoms with Crippen LogP contribution in [0.25, 0.3) is 0 Å². The van der Waals surface area contributed by atoms with Crippen molar-refractivity contribution in [2.75, 3.05) is 6.54 Å². The van der Waals surface area contributed by atoms with Crippen LogP contribution in [0.4, 0.5) is 0 Å². The SMILES string of the molecule is O=C(CC1CCC1)NCC1CCCCC1Br. The predicted octanol–water partition coefficient (Wildman–Crippen LogP) is 3.25. The maximum atomic E-state index is 11.7. The van der Waals surface area contributed by atoms with E-state index in [-0.39, 0.29) is 5.91 Å². The number of carbonyl (C=O) groups is 1. The highest BCUT2D eigenvalue weighted by molar-refractivity contribution is 9.09. The van der Waals surface area contributed by atoms with Gasteiger partial charge in [0.05, 0.1) is 0 Å². The van der Waals surface area contributed by atoms with E-state index in [1.807, 2.05) is 0 Å². The fourth-order valence-corrected chi connectivity index (χ4v) is 3.44. The Hall–Kier alpha value is -0.0500. The first kappa shape index (κ1) is 12.4. The number of rotatable bonds is 4. The van der Waals surface area contributed by atoms with Crippen LogP contribution in [0.15, 0.2) is 0 Å². The zero-order chi connectivity index (χ0) is 11.4. The Morgan fingerprint density at radius 3 is 2.50 bits per heavy atom. The van der Waals surface area contributed by atoms with Crippen molar-refractivity contribution < 1.29 is 4.79 Å². The third kappa shape index (κ3) is 3.47. The third-order valence-electron chi connectivity index (χ3n) is 4.08. The van der Waals surface area contributed by atoms with Crippen molar-refractivity contribution in [1.29, 1.82) is 0 Å². The highest BCUT2D eigenvalue weighted by Crippen LogP contribution is 2.30. The molecule has 0 radical (unpaired) electrons. The van der Waals surface area contributed by atoms with Crippen molar-refractivity contribution in [3.05, 3.63) is 0 Å². The zero-order valence-corrected chi connectivity index (χ0v) is 11.5. The summed E-state index contributed by atoms with van der Waals surface area (Å²) in [5.41, 5.74) is 0. The Labute approximate surface area is 107 Å². The minimum absolute atomic E-state index is 0.273. The van der Waals surface area contributed by atoms with Crippen molar-refractivity contribution in [3.63, 3.8) is 0 Å². The first-order valence-electron chi connectivity index (χ1n) is 6.66. The molecule has 3 heteroatoms. The van der Waals surface area contributed by atoms with E-state index >= 15 is 0 Å². The van der Waals surface area contributed by atoms with Gasteiger partial charge in [-0.05, 0) is 37.5 Å². The van der Waals surface area contributed by atoms with Gasteiger partial charge in [-0.2, -0.15) is 0 Å². The van der Waals surface area contributed by atoms with Gasteiger partial charge in [0.15, 0.2) is 0 Å². The molecule has 2 rings (SSSR count). The fourth-order valence-electron chi connectivity index (χ4n) is 2.67. The summed E-state index contributed by atoms with van der Waals surface area (Å²) >= 11 is 3.73. The smallest absolute Gasteiger partial charge is 0.220 e. The molecule has 2 unspecified atom stereocenters. The molecule has 16 heavy (non-hydrogen) atoms. The van der Waals surface area contributed by atoms with Gasteiger partial charge in [0, 0.05) is 17.8 Å². The molecule has 0 aromatic rings. The maximum Gasteiger partial charge on any atom is 0.220 e. The fraction of sp³-hybridized carbons (Fsp3) is 0.923. The summed E-state index contributed by atoms with van der Waals surface area (Å²) in [5.74, 6) is 1.61. The number of alkyl halides is 1. The Balaban J connectivity index is 1.63. The van der Waals surface area contributed by atoms with Gasteiger partial charge in [0.2, 0.25) is 5.91 Å². The summed E-state index contributed by atoms with van der Waals surface area (Å²) in [4.78, 5) is 12.3. The van der Waals surface area contributed by atoms with Gasteiger partial charge >= 0.3 is 0 Å². The van der Waals surface area contributed by atoms with E-state index in [1.165, 1.54) is 44.9 Å². The summed E-state index contributed by atoms with van der Waals surface area (Å²) < 4.78 is 0. The maximum absolute atomic E-state index is 11.7. The summed E-state index contributed by atoms with van der Waals surface area (Å²) in [6, 6.07) is 0. The standard InChI is InChI=1S/C13H22BrNO/c14-12-7-2-1-6-11(12)9-15-13(16)8-10-4-3-5-10/h10-12H,1-9H2,(H,15,16). The Morgan fingerprint density at radius 1 is 1.12 bits per heavy atom. The van der Waals surface area contributed by atoms with Crippen LogP contribution >= 0.6 is 15.9 Å². The molecule has 2 saturated carbocycles. The molecule has 0 aromatic heterocycles. The van der Waals surface area contributed by atoms with Crippen molar-refractivity contribution in [3.8, 4) is 0 Å². The van der Waals surface area contributed by atoms with E-state index < -0.39 is 0 Å². The van der Waals surface area contributed by atoms with E-state index in [4.69, 9.17) is 0 Å². The van der Waals surface area contributed by atoms with E-state index in [2.05, 4.69) is 21.2 Å². The summed E-state index contributed by atoms with van der Waals surface area (Å²) in [7, 11) is 0. The molecule has 0 bridgehead atoms. The Kier molecular flexibility index (Phi) is 4.68. The van der Waals surface area contributed by atoms with Crippen LogP contribution in [-0.2, 0) is 4.79 Å². The molecule has 0 aromatic carbocycles. The largest absolute Gasteiger partial charge is 0.356 e. The number of nitrogens with one attached hydrogen (secondary N) is 1. The molecule has 0 saturated heterocycles. The normalized spacial score (nSPS) is 30.8. The molecule has 2 fully saturated rings.